The zero-order chi connectivity index (χ0) is 12.0. The minimum absolute atomic E-state index is 0.0864. The largest absolute Gasteiger partial charge is 0.338 e. The van der Waals surface area contributed by atoms with Crippen molar-refractivity contribution in [1.82, 2.24) is 15.5 Å². The molecule has 1 rings (SSSR count). The van der Waals surface area contributed by atoms with Crippen molar-refractivity contribution in [2.75, 3.05) is 26.2 Å². The second kappa shape index (κ2) is 6.74. The molecule has 1 aliphatic heterocycles. The molecule has 0 aromatic rings. The number of amides is 2. The van der Waals surface area contributed by atoms with E-state index in [9.17, 15) is 4.79 Å². The minimum atomic E-state index is 0.0864. The van der Waals surface area contributed by atoms with Crippen LogP contribution < -0.4 is 10.6 Å². The summed E-state index contributed by atoms with van der Waals surface area (Å²) in [6.07, 6.45) is 2.24. The highest BCUT2D eigenvalue weighted by Crippen LogP contribution is 2.16. The van der Waals surface area contributed by atoms with Crippen molar-refractivity contribution in [3.8, 4) is 0 Å². The van der Waals surface area contributed by atoms with Crippen LogP contribution in [0.15, 0.2) is 0 Å². The van der Waals surface area contributed by atoms with Crippen LogP contribution in [0.5, 0.6) is 0 Å². The van der Waals surface area contributed by atoms with Gasteiger partial charge in [-0.1, -0.05) is 13.8 Å². The Hall–Kier alpha value is -0.770. The predicted octanol–water partition coefficient (Wildman–Crippen LogP) is 1.43. The molecule has 2 N–H and O–H groups in total. The number of hydrogen-bond donors (Lipinski definition) is 2. The van der Waals surface area contributed by atoms with E-state index in [-0.39, 0.29) is 6.03 Å². The zero-order valence-corrected chi connectivity index (χ0v) is 10.8. The number of likely N-dealkylation sites (tertiary alicyclic amines) is 1. The lowest BCUT2D eigenvalue weighted by Gasteiger charge is -2.37. The van der Waals surface area contributed by atoms with E-state index in [0.717, 1.165) is 26.1 Å². The lowest BCUT2D eigenvalue weighted by molar-refractivity contribution is 0.150. The summed E-state index contributed by atoms with van der Waals surface area (Å²) in [6, 6.07) is 0.661. The zero-order valence-electron chi connectivity index (χ0n) is 10.8. The maximum absolute atomic E-state index is 11.7. The van der Waals surface area contributed by atoms with Gasteiger partial charge in [-0.3, -0.25) is 0 Å². The number of nitrogens with zero attached hydrogens (tertiary/aromatic N) is 1. The Morgan fingerprint density at radius 3 is 2.75 bits per heavy atom. The Morgan fingerprint density at radius 1 is 1.44 bits per heavy atom. The van der Waals surface area contributed by atoms with Gasteiger partial charge in [0, 0.05) is 25.7 Å². The van der Waals surface area contributed by atoms with Crippen LogP contribution in [0.1, 0.15) is 33.6 Å². The van der Waals surface area contributed by atoms with Crippen molar-refractivity contribution in [3.63, 3.8) is 0 Å². The molecule has 2 atom stereocenters. The molecule has 0 saturated carbocycles. The summed E-state index contributed by atoms with van der Waals surface area (Å²) in [4.78, 5) is 13.6. The molecule has 1 saturated heterocycles. The topological polar surface area (TPSA) is 44.4 Å². The number of rotatable bonds is 4. The third kappa shape index (κ3) is 3.67. The van der Waals surface area contributed by atoms with E-state index < -0.39 is 0 Å². The van der Waals surface area contributed by atoms with Crippen LogP contribution in [0, 0.1) is 5.92 Å². The fraction of sp³-hybridized carbons (Fsp3) is 0.917. The summed E-state index contributed by atoms with van der Waals surface area (Å²) in [5.41, 5.74) is 0. The van der Waals surface area contributed by atoms with Crippen LogP contribution >= 0.6 is 0 Å². The molecule has 1 aliphatic rings. The smallest absolute Gasteiger partial charge is 0.317 e. The standard InChI is InChI=1S/C12H25N3O/c1-4-7-14-11-6-8-15(9-10(11)3)12(16)13-5-2/h10-11,14H,4-9H2,1-3H3,(H,13,16). The monoisotopic (exact) mass is 227 g/mol. The van der Waals surface area contributed by atoms with E-state index >= 15 is 0 Å². The molecule has 0 aromatic heterocycles. The number of hydrogen-bond acceptors (Lipinski definition) is 2. The molecule has 16 heavy (non-hydrogen) atoms. The van der Waals surface area contributed by atoms with E-state index in [2.05, 4.69) is 24.5 Å². The first-order valence-corrected chi connectivity index (χ1v) is 6.45. The van der Waals surface area contributed by atoms with Crippen molar-refractivity contribution in [2.24, 2.45) is 5.92 Å². The van der Waals surface area contributed by atoms with Gasteiger partial charge >= 0.3 is 6.03 Å². The van der Waals surface area contributed by atoms with E-state index in [1.807, 2.05) is 11.8 Å². The summed E-state index contributed by atoms with van der Waals surface area (Å²) in [7, 11) is 0. The van der Waals surface area contributed by atoms with Gasteiger partial charge in [0.1, 0.15) is 0 Å². The second-order valence-electron chi connectivity index (χ2n) is 4.61. The summed E-state index contributed by atoms with van der Waals surface area (Å²) < 4.78 is 0. The molecule has 94 valence electrons. The molecule has 0 radical (unpaired) electrons. The number of carbonyl (C=O) groups excluding carboxylic acids is 1. The molecule has 1 fully saturated rings. The average molecular weight is 227 g/mol. The highest BCUT2D eigenvalue weighted by Gasteiger charge is 2.27. The number of nitrogens with one attached hydrogen (secondary N) is 2. The van der Waals surface area contributed by atoms with Crippen LogP contribution in [0.2, 0.25) is 0 Å². The van der Waals surface area contributed by atoms with Gasteiger partial charge < -0.3 is 15.5 Å². The van der Waals surface area contributed by atoms with E-state index in [1.165, 1.54) is 6.42 Å². The summed E-state index contributed by atoms with van der Waals surface area (Å²) >= 11 is 0. The van der Waals surface area contributed by atoms with Crippen molar-refractivity contribution < 1.29 is 4.79 Å². The molecule has 0 spiro atoms. The third-order valence-corrected chi connectivity index (χ3v) is 3.18. The highest BCUT2D eigenvalue weighted by atomic mass is 16.2. The number of piperidine rings is 1. The van der Waals surface area contributed by atoms with Gasteiger partial charge in [-0.2, -0.15) is 0 Å². The van der Waals surface area contributed by atoms with E-state index in [4.69, 9.17) is 0 Å². The van der Waals surface area contributed by atoms with Crippen LogP contribution in [-0.2, 0) is 0 Å². The molecule has 0 aliphatic carbocycles. The predicted molar refractivity (Wildman–Crippen MR) is 66.5 cm³/mol. The van der Waals surface area contributed by atoms with Gasteiger partial charge in [0.25, 0.3) is 0 Å². The van der Waals surface area contributed by atoms with Crippen LogP contribution in [-0.4, -0.2) is 43.2 Å². The fourth-order valence-electron chi connectivity index (χ4n) is 2.23. The van der Waals surface area contributed by atoms with Crippen LogP contribution in [0.25, 0.3) is 0 Å². The molecule has 1 heterocycles. The number of carbonyl (C=O) groups is 1. The first-order chi connectivity index (χ1) is 7.69. The van der Waals surface area contributed by atoms with Gasteiger partial charge in [0.2, 0.25) is 0 Å². The van der Waals surface area contributed by atoms with Crippen molar-refractivity contribution in [1.29, 1.82) is 0 Å². The molecule has 0 aromatic carbocycles. The summed E-state index contributed by atoms with van der Waals surface area (Å²) in [5.74, 6) is 0.544. The first kappa shape index (κ1) is 13.3. The first-order valence-electron chi connectivity index (χ1n) is 6.45. The molecule has 2 unspecified atom stereocenters. The van der Waals surface area contributed by atoms with Crippen molar-refractivity contribution in [2.45, 2.75) is 39.7 Å². The molecular formula is C12H25N3O. The molecule has 4 nitrogen and oxygen atoms in total. The maximum Gasteiger partial charge on any atom is 0.317 e. The van der Waals surface area contributed by atoms with Gasteiger partial charge in [-0.15, -0.1) is 0 Å². The Labute approximate surface area is 98.8 Å². The summed E-state index contributed by atoms with van der Waals surface area (Å²) in [6.45, 7) is 9.89. The Balaban J connectivity index is 2.35. The molecule has 0 bridgehead atoms. The lowest BCUT2D eigenvalue weighted by Crippen LogP contribution is -2.52. The molecule has 4 heteroatoms. The van der Waals surface area contributed by atoms with Gasteiger partial charge in [0.15, 0.2) is 0 Å². The lowest BCUT2D eigenvalue weighted by atomic mass is 9.94. The molecular weight excluding hydrogens is 202 g/mol. The second-order valence-corrected chi connectivity index (χ2v) is 4.61. The van der Waals surface area contributed by atoms with Crippen LogP contribution in [0.3, 0.4) is 0 Å². The van der Waals surface area contributed by atoms with Gasteiger partial charge in [0.05, 0.1) is 0 Å². The fourth-order valence-corrected chi connectivity index (χ4v) is 2.23. The number of urea groups is 1. The highest BCUT2D eigenvalue weighted by molar-refractivity contribution is 5.74. The van der Waals surface area contributed by atoms with E-state index in [1.54, 1.807) is 0 Å². The van der Waals surface area contributed by atoms with Crippen molar-refractivity contribution in [3.05, 3.63) is 0 Å². The van der Waals surface area contributed by atoms with Crippen LogP contribution in [0.4, 0.5) is 4.79 Å². The maximum atomic E-state index is 11.7. The van der Waals surface area contributed by atoms with Gasteiger partial charge in [-0.25, -0.2) is 4.79 Å². The molecule has 2 amide bonds. The third-order valence-electron chi connectivity index (χ3n) is 3.18. The SMILES string of the molecule is CCCNC1CCN(C(=O)NCC)CC1C. The summed E-state index contributed by atoms with van der Waals surface area (Å²) in [5, 5.41) is 6.41. The minimum Gasteiger partial charge on any atom is -0.338 e. The van der Waals surface area contributed by atoms with E-state index in [0.29, 0.717) is 18.5 Å². The Bertz CT molecular complexity index is 220. The van der Waals surface area contributed by atoms with Crippen molar-refractivity contribution >= 4 is 6.03 Å². The average Bonchev–Trinajstić information content (AvgIpc) is 2.27. The Morgan fingerprint density at radius 2 is 2.19 bits per heavy atom. The normalized spacial score (nSPS) is 25.6. The van der Waals surface area contributed by atoms with Gasteiger partial charge in [-0.05, 0) is 32.2 Å². The Kier molecular flexibility index (Phi) is 5.60. The quantitative estimate of drug-likeness (QED) is 0.763.